The molecule has 54 heavy (non-hydrogen) atoms. The van der Waals surface area contributed by atoms with E-state index < -0.39 is 53.4 Å². The molecule has 0 radical (unpaired) electrons. The van der Waals surface area contributed by atoms with E-state index in [9.17, 15) is 23.1 Å². The smallest absolute Gasteiger partial charge is 0.362 e. The number of hydrogen-bond donors (Lipinski definition) is 5. The minimum absolute atomic E-state index is 0.103. The van der Waals surface area contributed by atoms with Crippen molar-refractivity contribution in [2.45, 2.75) is 56.3 Å². The number of unbranched alkanes of at least 4 members (excludes halogenated alkanes) is 1. The highest BCUT2D eigenvalue weighted by atomic mass is 32.2. The molecule has 3 heterocycles. The lowest BCUT2D eigenvalue weighted by atomic mass is 10.1. The molecule has 0 spiro atoms. The molecular weight excluding hydrogens is 732 g/mol. The second kappa shape index (κ2) is 22.5. The molecule has 2 aromatic heterocycles. The summed E-state index contributed by atoms with van der Waals surface area (Å²) in [5, 5.41) is 14.1. The van der Waals surface area contributed by atoms with Gasteiger partial charge in [0.2, 0.25) is 5.91 Å². The predicted molar refractivity (Wildman–Crippen MR) is 192 cm³/mol. The van der Waals surface area contributed by atoms with Crippen LogP contribution in [0.2, 0.25) is 0 Å². The number of nitrogens with two attached hydrogens (primary N) is 2. The Morgan fingerprint density at radius 1 is 0.981 bits per heavy atom. The fourth-order valence-corrected chi connectivity index (χ4v) is 6.04. The van der Waals surface area contributed by atoms with Crippen LogP contribution in [0.5, 0.6) is 0 Å². The average Bonchev–Trinajstić information content (AvgIpc) is 3.72. The zero-order valence-corrected chi connectivity index (χ0v) is 30.9. The Balaban J connectivity index is 1.21. The number of carbonyl (C=O) groups is 2. The zero-order chi connectivity index (χ0) is 38.8. The molecule has 300 valence electrons. The van der Waals surface area contributed by atoms with Gasteiger partial charge in [0.15, 0.2) is 17.7 Å². The first-order chi connectivity index (χ1) is 26.1. The SMILES string of the molecule is COCCOCCOCCOCCC(=O)NCCCCO[C@@H]1[C@H](O)[C@@H](COS(=O)(=O)NC(=O)[C@@H](N)Cc2ccccc2)O[C@H]1n1cnc2c(N)ncnc21. The lowest BCUT2D eigenvalue weighted by molar-refractivity contribution is -0.122. The molecule has 5 atom stereocenters. The Morgan fingerprint density at radius 2 is 1.69 bits per heavy atom. The number of aliphatic hydroxyl groups is 1. The van der Waals surface area contributed by atoms with Crippen LogP contribution in [0.15, 0.2) is 43.0 Å². The number of ether oxygens (including phenoxy) is 6. The van der Waals surface area contributed by atoms with Gasteiger partial charge in [-0.1, -0.05) is 30.3 Å². The molecule has 1 fully saturated rings. The van der Waals surface area contributed by atoms with Crippen LogP contribution in [0.25, 0.3) is 11.2 Å². The number of benzene rings is 1. The maximum Gasteiger partial charge on any atom is 0.362 e. The molecule has 7 N–H and O–H groups in total. The van der Waals surface area contributed by atoms with Crippen LogP contribution in [0, 0.1) is 0 Å². The third-order valence-corrected chi connectivity index (χ3v) is 8.97. The maximum absolute atomic E-state index is 12.7. The highest BCUT2D eigenvalue weighted by Crippen LogP contribution is 2.34. The van der Waals surface area contributed by atoms with Gasteiger partial charge in [-0.3, -0.25) is 18.3 Å². The van der Waals surface area contributed by atoms with Gasteiger partial charge in [0.25, 0.3) is 5.91 Å². The number of anilines is 1. The number of nitrogens with zero attached hydrogens (tertiary/aromatic N) is 4. The van der Waals surface area contributed by atoms with E-state index in [1.807, 2.05) is 4.72 Å². The van der Waals surface area contributed by atoms with E-state index in [0.717, 1.165) is 5.56 Å². The summed E-state index contributed by atoms with van der Waals surface area (Å²) in [6.07, 6.45) is -0.636. The van der Waals surface area contributed by atoms with Gasteiger partial charge in [0, 0.05) is 26.7 Å². The molecule has 1 saturated heterocycles. The van der Waals surface area contributed by atoms with Gasteiger partial charge in [0.05, 0.1) is 65.2 Å². The summed E-state index contributed by atoms with van der Waals surface area (Å²) in [4.78, 5) is 37.1. The van der Waals surface area contributed by atoms with Crippen molar-refractivity contribution >= 4 is 39.1 Å². The first-order valence-electron chi connectivity index (χ1n) is 17.5. The van der Waals surface area contributed by atoms with Crippen molar-refractivity contribution in [1.82, 2.24) is 29.6 Å². The zero-order valence-electron chi connectivity index (χ0n) is 30.1. The molecule has 1 aromatic carbocycles. The standard InChI is InChI=1S/C33H50N8O12S/c1-47-13-14-49-17-18-50-16-15-48-12-9-26(42)36-10-5-6-11-51-29-28(43)25(53-33(29)41-22-39-27-30(35)37-21-38-31(27)41)20-52-54(45,46)40-32(44)24(34)19-23-7-3-2-4-8-23/h2-4,7-8,21-22,24-25,28-29,33,43H,5-6,9-20,34H2,1H3,(H,36,42)(H,40,44)(H2,35,37,38)/t24-,25+,28+,29+,33+/m0/s1. The van der Waals surface area contributed by atoms with E-state index in [1.54, 1.807) is 37.4 Å². The van der Waals surface area contributed by atoms with E-state index in [4.69, 9.17) is 44.1 Å². The van der Waals surface area contributed by atoms with Crippen molar-refractivity contribution in [3.63, 3.8) is 0 Å². The van der Waals surface area contributed by atoms with Gasteiger partial charge in [-0.15, -0.1) is 0 Å². The largest absolute Gasteiger partial charge is 0.387 e. The third kappa shape index (κ3) is 13.7. The van der Waals surface area contributed by atoms with Crippen LogP contribution in [-0.2, 0) is 58.9 Å². The Kier molecular flexibility index (Phi) is 17.8. The van der Waals surface area contributed by atoms with E-state index in [0.29, 0.717) is 70.2 Å². The van der Waals surface area contributed by atoms with Gasteiger partial charge in [-0.2, -0.15) is 8.42 Å². The van der Waals surface area contributed by atoms with Gasteiger partial charge >= 0.3 is 10.3 Å². The molecule has 1 aliphatic heterocycles. The average molecular weight is 783 g/mol. The van der Waals surface area contributed by atoms with Crippen LogP contribution in [-0.4, -0.2) is 142 Å². The first-order valence-corrected chi connectivity index (χ1v) is 18.9. The Bertz CT molecular complexity index is 1690. The van der Waals surface area contributed by atoms with Gasteiger partial charge in [-0.05, 0) is 24.8 Å². The van der Waals surface area contributed by atoms with Crippen LogP contribution < -0.4 is 21.5 Å². The maximum atomic E-state index is 12.7. The number of carbonyl (C=O) groups excluding carboxylic acids is 2. The van der Waals surface area contributed by atoms with Crippen LogP contribution >= 0.6 is 0 Å². The molecule has 0 aliphatic carbocycles. The van der Waals surface area contributed by atoms with Crippen molar-refractivity contribution in [1.29, 1.82) is 0 Å². The summed E-state index contributed by atoms with van der Waals surface area (Å²) in [7, 11) is -3.02. The minimum atomic E-state index is -4.63. The van der Waals surface area contributed by atoms with Crippen molar-refractivity contribution in [3.8, 4) is 0 Å². The predicted octanol–water partition coefficient (Wildman–Crippen LogP) is -1.02. The second-order valence-corrected chi connectivity index (χ2v) is 13.5. The molecule has 21 heteroatoms. The van der Waals surface area contributed by atoms with E-state index in [-0.39, 0.29) is 37.8 Å². The van der Waals surface area contributed by atoms with Gasteiger partial charge in [0.1, 0.15) is 30.2 Å². The number of rotatable bonds is 26. The topological polar surface area (TPSA) is 273 Å². The molecule has 1 aliphatic rings. The van der Waals surface area contributed by atoms with E-state index in [2.05, 4.69) is 20.3 Å². The number of aromatic nitrogens is 4. The highest BCUT2D eigenvalue weighted by molar-refractivity contribution is 7.85. The lowest BCUT2D eigenvalue weighted by Gasteiger charge is -2.22. The second-order valence-electron chi connectivity index (χ2n) is 12.1. The van der Waals surface area contributed by atoms with Crippen LogP contribution in [0.4, 0.5) is 5.82 Å². The summed E-state index contributed by atoms with van der Waals surface area (Å²) in [5.41, 5.74) is 13.2. The van der Waals surface area contributed by atoms with Crippen LogP contribution in [0.1, 0.15) is 31.1 Å². The number of methoxy groups -OCH3 is 1. The Hall–Kier alpha value is -3.90. The molecule has 0 bridgehead atoms. The van der Waals surface area contributed by atoms with Crippen molar-refractivity contribution < 1.29 is 55.7 Å². The summed E-state index contributed by atoms with van der Waals surface area (Å²) in [6.45, 7) is 2.85. The van der Waals surface area contributed by atoms with Gasteiger partial charge < -0.3 is 50.3 Å². The normalized spacial score (nSPS) is 19.2. The van der Waals surface area contributed by atoms with Gasteiger partial charge in [-0.25, -0.2) is 19.7 Å². The fourth-order valence-electron chi connectivity index (χ4n) is 5.27. The molecule has 2 amide bonds. The van der Waals surface area contributed by atoms with Crippen molar-refractivity contribution in [2.24, 2.45) is 5.73 Å². The van der Waals surface area contributed by atoms with Crippen LogP contribution in [0.3, 0.4) is 0 Å². The summed E-state index contributed by atoms with van der Waals surface area (Å²) < 4.78 is 66.8. The first kappa shape index (κ1) is 42.8. The summed E-state index contributed by atoms with van der Waals surface area (Å²) >= 11 is 0. The summed E-state index contributed by atoms with van der Waals surface area (Å²) in [5.74, 6) is -1.00. The van der Waals surface area contributed by atoms with Crippen molar-refractivity contribution in [2.75, 3.05) is 78.9 Å². The monoisotopic (exact) mass is 782 g/mol. The number of nitrogens with one attached hydrogen (secondary N) is 2. The van der Waals surface area contributed by atoms with E-state index in [1.165, 1.54) is 17.2 Å². The highest BCUT2D eigenvalue weighted by Gasteiger charge is 2.47. The third-order valence-electron chi connectivity index (χ3n) is 8.08. The minimum Gasteiger partial charge on any atom is -0.387 e. The van der Waals surface area contributed by atoms with E-state index >= 15 is 0 Å². The number of hydrogen-bond acceptors (Lipinski definition) is 17. The molecule has 0 unspecified atom stereocenters. The molecular formula is C33H50N8O12S. The molecule has 4 rings (SSSR count). The number of aliphatic hydroxyl groups excluding tert-OH is 1. The summed E-state index contributed by atoms with van der Waals surface area (Å²) in [6, 6.07) is 7.71. The number of amides is 2. The fraction of sp³-hybridized carbons (Fsp3) is 0.606. The molecule has 3 aromatic rings. The van der Waals surface area contributed by atoms with Crippen molar-refractivity contribution in [3.05, 3.63) is 48.5 Å². The molecule has 20 nitrogen and oxygen atoms in total. The lowest BCUT2D eigenvalue weighted by Crippen LogP contribution is -2.46. The number of nitrogen functional groups attached to an aromatic ring is 1. The molecule has 0 saturated carbocycles. The Labute approximate surface area is 313 Å². The Morgan fingerprint density at radius 3 is 2.41 bits per heavy atom. The quantitative estimate of drug-likeness (QED) is 0.0610. The number of fused-ring (bicyclic) bond motifs is 1. The number of imidazole rings is 1.